The number of esters is 1. The molecule has 0 saturated heterocycles. The van der Waals surface area contributed by atoms with Crippen molar-refractivity contribution in [3.63, 3.8) is 0 Å². The Kier molecular flexibility index (Phi) is 8.15. The highest BCUT2D eigenvalue weighted by Crippen LogP contribution is 2.07. The number of nitrogens with one attached hydrogen (secondary N) is 1. The number of carbonyl (C=O) groups is 1. The maximum atomic E-state index is 10.8. The van der Waals surface area contributed by atoms with Crippen LogP contribution in [-0.4, -0.2) is 50.6 Å². The zero-order chi connectivity index (χ0) is 12.4. The summed E-state index contributed by atoms with van der Waals surface area (Å²) in [6.07, 6.45) is 1.71. The molecule has 0 aliphatic rings. The van der Waals surface area contributed by atoms with E-state index in [1.54, 1.807) is 14.0 Å². The van der Waals surface area contributed by atoms with E-state index in [4.69, 9.17) is 4.74 Å². The number of aliphatic hydroxyl groups is 1. The average molecular weight is 233 g/mol. The van der Waals surface area contributed by atoms with Gasteiger partial charge in [0.15, 0.2) is 0 Å². The highest BCUT2D eigenvalue weighted by atomic mass is 16.5. The topological polar surface area (TPSA) is 67.8 Å². The van der Waals surface area contributed by atoms with E-state index in [-0.39, 0.29) is 5.97 Å². The normalized spacial score (nSPS) is 14.5. The van der Waals surface area contributed by atoms with Crippen LogP contribution in [0.2, 0.25) is 0 Å². The maximum Gasteiger partial charge on any atom is 0.305 e. The quantitative estimate of drug-likeness (QED) is 0.443. The van der Waals surface area contributed by atoms with Gasteiger partial charge in [0.1, 0.15) is 0 Å². The molecule has 0 spiro atoms. The number of rotatable bonds is 9. The van der Waals surface area contributed by atoms with E-state index in [0.29, 0.717) is 39.0 Å². The van der Waals surface area contributed by atoms with E-state index in [1.807, 2.05) is 0 Å². The molecule has 0 rings (SSSR count). The van der Waals surface area contributed by atoms with E-state index in [0.717, 1.165) is 0 Å². The smallest absolute Gasteiger partial charge is 0.305 e. The molecule has 0 aliphatic heterocycles. The number of hydrogen-bond acceptors (Lipinski definition) is 5. The monoisotopic (exact) mass is 233 g/mol. The zero-order valence-corrected chi connectivity index (χ0v) is 10.4. The standard InChI is InChI=1S/C11H23NO4/c1-11(14,6-8-15-2)9-12-7-4-5-10(13)16-3/h12,14H,4-9H2,1-3H3. The Bertz CT molecular complexity index is 194. The molecule has 2 N–H and O–H groups in total. The highest BCUT2D eigenvalue weighted by Gasteiger charge is 2.18. The molecule has 0 aromatic rings. The Hall–Kier alpha value is -0.650. The van der Waals surface area contributed by atoms with Crippen molar-refractivity contribution < 1.29 is 19.4 Å². The molecule has 96 valence electrons. The van der Waals surface area contributed by atoms with E-state index in [9.17, 15) is 9.90 Å². The van der Waals surface area contributed by atoms with Crippen molar-refractivity contribution in [3.8, 4) is 0 Å². The van der Waals surface area contributed by atoms with Crippen LogP contribution < -0.4 is 5.32 Å². The molecule has 1 atom stereocenters. The highest BCUT2D eigenvalue weighted by molar-refractivity contribution is 5.69. The van der Waals surface area contributed by atoms with Crippen molar-refractivity contribution in [2.24, 2.45) is 0 Å². The lowest BCUT2D eigenvalue weighted by Crippen LogP contribution is -2.39. The Morgan fingerprint density at radius 2 is 2.12 bits per heavy atom. The van der Waals surface area contributed by atoms with Gasteiger partial charge >= 0.3 is 5.97 Å². The average Bonchev–Trinajstić information content (AvgIpc) is 2.25. The fraction of sp³-hybridized carbons (Fsp3) is 0.909. The first-order valence-electron chi connectivity index (χ1n) is 5.50. The molecule has 0 amide bonds. The van der Waals surface area contributed by atoms with E-state index < -0.39 is 5.60 Å². The Balaban J connectivity index is 3.46. The Labute approximate surface area is 97.1 Å². The third-order valence-corrected chi connectivity index (χ3v) is 2.31. The summed E-state index contributed by atoms with van der Waals surface area (Å²) in [5.74, 6) is -0.201. The summed E-state index contributed by atoms with van der Waals surface area (Å²) in [6, 6.07) is 0. The first-order chi connectivity index (χ1) is 7.52. The molecular formula is C11H23NO4. The van der Waals surface area contributed by atoms with Gasteiger partial charge in [0.2, 0.25) is 0 Å². The third-order valence-electron chi connectivity index (χ3n) is 2.31. The second-order valence-electron chi connectivity index (χ2n) is 4.10. The van der Waals surface area contributed by atoms with Gasteiger partial charge in [-0.05, 0) is 19.9 Å². The molecule has 0 fully saturated rings. The van der Waals surface area contributed by atoms with Crippen molar-refractivity contribution in [1.82, 2.24) is 5.32 Å². The molecule has 0 aromatic carbocycles. The molecule has 5 nitrogen and oxygen atoms in total. The SMILES string of the molecule is COCCC(C)(O)CNCCCC(=O)OC. The molecule has 5 heteroatoms. The largest absolute Gasteiger partial charge is 0.469 e. The van der Waals surface area contributed by atoms with Crippen molar-refractivity contribution in [3.05, 3.63) is 0 Å². The van der Waals surface area contributed by atoms with Crippen molar-refractivity contribution in [1.29, 1.82) is 0 Å². The van der Waals surface area contributed by atoms with Crippen LogP contribution in [0.5, 0.6) is 0 Å². The molecule has 0 aliphatic carbocycles. The molecule has 0 saturated carbocycles. The van der Waals surface area contributed by atoms with Crippen molar-refractivity contribution in [2.45, 2.75) is 31.8 Å². The lowest BCUT2D eigenvalue weighted by Gasteiger charge is -2.23. The minimum atomic E-state index is -0.763. The van der Waals surface area contributed by atoms with E-state index in [1.165, 1.54) is 7.11 Å². The molecule has 1 unspecified atom stereocenters. The molecule has 0 aromatic heterocycles. The molecule has 16 heavy (non-hydrogen) atoms. The van der Waals surface area contributed by atoms with Crippen LogP contribution in [0, 0.1) is 0 Å². The minimum Gasteiger partial charge on any atom is -0.469 e. The Morgan fingerprint density at radius 1 is 1.44 bits per heavy atom. The number of ether oxygens (including phenoxy) is 2. The van der Waals surface area contributed by atoms with Crippen LogP contribution in [0.15, 0.2) is 0 Å². The van der Waals surface area contributed by atoms with Gasteiger partial charge in [0.05, 0.1) is 12.7 Å². The fourth-order valence-electron chi connectivity index (χ4n) is 1.23. The predicted octanol–water partition coefficient (Wildman–Crippen LogP) is 0.317. The second kappa shape index (κ2) is 8.50. The number of hydrogen-bond donors (Lipinski definition) is 2. The summed E-state index contributed by atoms with van der Waals surface area (Å²) in [6.45, 7) is 3.49. The van der Waals surface area contributed by atoms with Crippen molar-refractivity contribution >= 4 is 5.97 Å². The van der Waals surface area contributed by atoms with E-state index >= 15 is 0 Å². The van der Waals surface area contributed by atoms with Gasteiger partial charge in [-0.25, -0.2) is 0 Å². The van der Waals surface area contributed by atoms with Gasteiger partial charge in [-0.3, -0.25) is 4.79 Å². The first kappa shape index (κ1) is 15.3. The molecule has 0 bridgehead atoms. The van der Waals surface area contributed by atoms with Crippen molar-refractivity contribution in [2.75, 3.05) is 33.9 Å². The lowest BCUT2D eigenvalue weighted by molar-refractivity contribution is -0.140. The van der Waals surface area contributed by atoms with Crippen LogP contribution in [0.4, 0.5) is 0 Å². The van der Waals surface area contributed by atoms with Crippen LogP contribution in [0.25, 0.3) is 0 Å². The van der Waals surface area contributed by atoms with Gasteiger partial charge in [0, 0.05) is 33.1 Å². The van der Waals surface area contributed by atoms with Crippen LogP contribution >= 0.6 is 0 Å². The van der Waals surface area contributed by atoms with Gasteiger partial charge in [-0.2, -0.15) is 0 Å². The summed E-state index contributed by atoms with van der Waals surface area (Å²) >= 11 is 0. The summed E-state index contributed by atoms with van der Waals surface area (Å²) in [5, 5.41) is 13.0. The summed E-state index contributed by atoms with van der Waals surface area (Å²) in [7, 11) is 2.99. The second-order valence-corrected chi connectivity index (χ2v) is 4.10. The summed E-state index contributed by atoms with van der Waals surface area (Å²) in [4.78, 5) is 10.8. The van der Waals surface area contributed by atoms with Crippen LogP contribution in [0.3, 0.4) is 0 Å². The molecule has 0 heterocycles. The third kappa shape index (κ3) is 8.64. The molecular weight excluding hydrogens is 210 g/mol. The van der Waals surface area contributed by atoms with Gasteiger partial charge in [0.25, 0.3) is 0 Å². The zero-order valence-electron chi connectivity index (χ0n) is 10.4. The predicted molar refractivity (Wildman–Crippen MR) is 61.2 cm³/mol. The van der Waals surface area contributed by atoms with Gasteiger partial charge < -0.3 is 19.9 Å². The Morgan fingerprint density at radius 3 is 2.69 bits per heavy atom. The molecule has 0 radical (unpaired) electrons. The minimum absolute atomic E-state index is 0.201. The van der Waals surface area contributed by atoms with Crippen LogP contribution in [0.1, 0.15) is 26.2 Å². The fourth-order valence-corrected chi connectivity index (χ4v) is 1.23. The number of methoxy groups -OCH3 is 2. The first-order valence-corrected chi connectivity index (χ1v) is 5.50. The van der Waals surface area contributed by atoms with Gasteiger partial charge in [-0.1, -0.05) is 0 Å². The number of carbonyl (C=O) groups excluding carboxylic acids is 1. The van der Waals surface area contributed by atoms with E-state index in [2.05, 4.69) is 10.1 Å². The summed E-state index contributed by atoms with van der Waals surface area (Å²) < 4.78 is 9.42. The van der Waals surface area contributed by atoms with Crippen LogP contribution in [-0.2, 0) is 14.3 Å². The van der Waals surface area contributed by atoms with Gasteiger partial charge in [-0.15, -0.1) is 0 Å². The maximum absolute atomic E-state index is 10.8. The lowest BCUT2D eigenvalue weighted by atomic mass is 10.0. The summed E-state index contributed by atoms with van der Waals surface area (Å²) in [5.41, 5.74) is -0.763.